The van der Waals surface area contributed by atoms with Crippen LogP contribution >= 0.6 is 0 Å². The van der Waals surface area contributed by atoms with E-state index in [1.54, 1.807) is 24.3 Å². The molecule has 0 saturated heterocycles. The summed E-state index contributed by atoms with van der Waals surface area (Å²) >= 11 is 0. The van der Waals surface area contributed by atoms with Gasteiger partial charge in [-0.1, -0.05) is 42.5 Å². The van der Waals surface area contributed by atoms with Crippen LogP contribution in [-0.2, 0) is 16.4 Å². The quantitative estimate of drug-likeness (QED) is 0.696. The van der Waals surface area contributed by atoms with E-state index in [0.717, 1.165) is 11.8 Å². The third-order valence-corrected chi connectivity index (χ3v) is 5.19. The second-order valence-electron chi connectivity index (χ2n) is 6.09. The molecular formula is C21H18O5S. The summed E-state index contributed by atoms with van der Waals surface area (Å²) in [7, 11) is -3.50. The molecule has 5 nitrogen and oxygen atoms in total. The molecule has 3 rings (SSSR count). The van der Waals surface area contributed by atoms with Gasteiger partial charge in [-0.3, -0.25) is 0 Å². The molecule has 0 heterocycles. The van der Waals surface area contributed by atoms with Crippen LogP contribution in [0.5, 0.6) is 5.75 Å². The molecule has 1 N–H and O–H groups in total. The Balaban J connectivity index is 1.90. The summed E-state index contributed by atoms with van der Waals surface area (Å²) < 4.78 is 29.9. The number of carboxylic acids is 1. The lowest BCUT2D eigenvalue weighted by molar-refractivity contribution is 0.0697. The molecule has 0 atom stereocenters. The average Bonchev–Trinajstić information content (AvgIpc) is 2.66. The molecule has 3 aromatic rings. The van der Waals surface area contributed by atoms with E-state index in [2.05, 4.69) is 0 Å². The molecule has 6 heteroatoms. The number of sulfone groups is 1. The van der Waals surface area contributed by atoms with Crippen LogP contribution < -0.4 is 4.74 Å². The Hall–Kier alpha value is -3.12. The molecule has 0 aliphatic rings. The van der Waals surface area contributed by atoms with E-state index in [-0.39, 0.29) is 10.5 Å². The molecule has 3 aromatic carbocycles. The fourth-order valence-electron chi connectivity index (χ4n) is 2.68. The Morgan fingerprint density at radius 1 is 0.963 bits per heavy atom. The highest BCUT2D eigenvalue weighted by molar-refractivity contribution is 7.90. The van der Waals surface area contributed by atoms with Gasteiger partial charge in [0.05, 0.1) is 10.5 Å². The molecule has 27 heavy (non-hydrogen) atoms. The van der Waals surface area contributed by atoms with Crippen LogP contribution in [0, 0.1) is 0 Å². The Morgan fingerprint density at radius 3 is 2.22 bits per heavy atom. The Kier molecular flexibility index (Phi) is 5.28. The van der Waals surface area contributed by atoms with E-state index in [1.165, 1.54) is 18.2 Å². The van der Waals surface area contributed by atoms with Crippen LogP contribution in [0.3, 0.4) is 0 Å². The van der Waals surface area contributed by atoms with E-state index in [1.807, 2.05) is 30.3 Å². The van der Waals surface area contributed by atoms with Crippen LogP contribution in [0.4, 0.5) is 0 Å². The van der Waals surface area contributed by atoms with Gasteiger partial charge in [-0.25, -0.2) is 13.2 Å². The predicted octanol–water partition coefficient (Wildman–Crippen LogP) is 4.03. The number of rotatable bonds is 6. The van der Waals surface area contributed by atoms with Crippen LogP contribution in [0.1, 0.15) is 15.9 Å². The van der Waals surface area contributed by atoms with Crippen molar-refractivity contribution in [3.8, 4) is 16.9 Å². The van der Waals surface area contributed by atoms with Crippen LogP contribution in [0.2, 0.25) is 0 Å². The molecule has 0 spiro atoms. The lowest BCUT2D eigenvalue weighted by atomic mass is 10.0. The number of ether oxygens (including phenoxy) is 1. The molecule has 0 radical (unpaired) electrons. The van der Waals surface area contributed by atoms with Crippen molar-refractivity contribution in [3.05, 3.63) is 83.9 Å². The first-order valence-corrected chi connectivity index (χ1v) is 10.1. The minimum absolute atomic E-state index is 0.0294. The van der Waals surface area contributed by atoms with E-state index >= 15 is 0 Å². The van der Waals surface area contributed by atoms with E-state index in [4.69, 9.17) is 4.74 Å². The average molecular weight is 382 g/mol. The molecule has 0 aliphatic heterocycles. The van der Waals surface area contributed by atoms with E-state index in [0.29, 0.717) is 23.5 Å². The minimum Gasteiger partial charge on any atom is -0.489 e. The second-order valence-corrected chi connectivity index (χ2v) is 8.07. The Morgan fingerprint density at radius 2 is 1.63 bits per heavy atom. The van der Waals surface area contributed by atoms with E-state index in [9.17, 15) is 18.3 Å². The standard InChI is InChI=1S/C21H18O5S/c1-27(24,25)20-12-9-17(21(22)23)13-19(20)16-7-10-18(11-8-16)26-14-15-5-3-2-4-6-15/h2-13H,14H2,1H3,(H,22,23). The molecule has 0 unspecified atom stereocenters. The fourth-order valence-corrected chi connectivity index (χ4v) is 3.58. The lowest BCUT2D eigenvalue weighted by Gasteiger charge is -2.11. The van der Waals surface area contributed by atoms with Crippen LogP contribution in [0.25, 0.3) is 11.1 Å². The van der Waals surface area contributed by atoms with Crippen molar-refractivity contribution >= 4 is 15.8 Å². The first-order valence-electron chi connectivity index (χ1n) is 8.19. The normalized spacial score (nSPS) is 11.1. The maximum Gasteiger partial charge on any atom is 0.335 e. The smallest absolute Gasteiger partial charge is 0.335 e. The second kappa shape index (κ2) is 7.63. The predicted molar refractivity (Wildman–Crippen MR) is 103 cm³/mol. The third kappa shape index (κ3) is 4.54. The highest BCUT2D eigenvalue weighted by Gasteiger charge is 2.17. The SMILES string of the molecule is CS(=O)(=O)c1ccc(C(=O)O)cc1-c1ccc(OCc2ccccc2)cc1. The van der Waals surface area contributed by atoms with Gasteiger partial charge >= 0.3 is 5.97 Å². The summed E-state index contributed by atoms with van der Waals surface area (Å²) in [6.45, 7) is 0.420. The molecular weight excluding hydrogens is 364 g/mol. The number of carbonyl (C=O) groups is 1. The first-order chi connectivity index (χ1) is 12.8. The van der Waals surface area contributed by atoms with Crippen LogP contribution in [0.15, 0.2) is 77.7 Å². The van der Waals surface area contributed by atoms with Gasteiger partial charge in [0.1, 0.15) is 12.4 Å². The minimum atomic E-state index is -3.50. The molecule has 0 fully saturated rings. The molecule has 138 valence electrons. The number of aromatic carboxylic acids is 1. The number of carboxylic acid groups (broad SMARTS) is 1. The molecule has 0 saturated carbocycles. The highest BCUT2D eigenvalue weighted by atomic mass is 32.2. The summed E-state index contributed by atoms with van der Waals surface area (Å²) in [6.07, 6.45) is 1.10. The van der Waals surface area contributed by atoms with Crippen molar-refractivity contribution in [2.45, 2.75) is 11.5 Å². The van der Waals surface area contributed by atoms with Crippen molar-refractivity contribution in [2.75, 3.05) is 6.26 Å². The van der Waals surface area contributed by atoms with Crippen molar-refractivity contribution in [1.29, 1.82) is 0 Å². The Labute approximate surface area is 157 Å². The number of hydrogen-bond donors (Lipinski definition) is 1. The van der Waals surface area contributed by atoms with Gasteiger partial charge in [-0.05, 0) is 41.5 Å². The summed E-state index contributed by atoms with van der Waals surface area (Å²) in [4.78, 5) is 11.3. The van der Waals surface area contributed by atoms with Gasteiger partial charge in [0.15, 0.2) is 9.84 Å². The van der Waals surface area contributed by atoms with E-state index < -0.39 is 15.8 Å². The zero-order chi connectivity index (χ0) is 19.4. The Bertz CT molecular complexity index is 1060. The molecule has 0 bridgehead atoms. The lowest BCUT2D eigenvalue weighted by Crippen LogP contribution is -2.03. The van der Waals surface area contributed by atoms with Crippen molar-refractivity contribution in [1.82, 2.24) is 0 Å². The summed E-state index contributed by atoms with van der Waals surface area (Å²) in [5, 5.41) is 9.20. The third-order valence-electron chi connectivity index (χ3n) is 4.04. The first kappa shape index (κ1) is 18.7. The highest BCUT2D eigenvalue weighted by Crippen LogP contribution is 2.30. The number of hydrogen-bond acceptors (Lipinski definition) is 4. The molecule has 0 aliphatic carbocycles. The maximum atomic E-state index is 12.1. The van der Waals surface area contributed by atoms with Crippen molar-refractivity contribution < 1.29 is 23.1 Å². The summed E-state index contributed by atoms with van der Waals surface area (Å²) in [5.74, 6) is -0.475. The van der Waals surface area contributed by atoms with Gasteiger partial charge in [-0.2, -0.15) is 0 Å². The van der Waals surface area contributed by atoms with Crippen molar-refractivity contribution in [3.63, 3.8) is 0 Å². The zero-order valence-electron chi connectivity index (χ0n) is 14.6. The molecule has 0 amide bonds. The topological polar surface area (TPSA) is 80.7 Å². The summed E-state index contributed by atoms with van der Waals surface area (Å²) in [6, 6.07) is 20.6. The van der Waals surface area contributed by atoms with Gasteiger partial charge < -0.3 is 9.84 Å². The van der Waals surface area contributed by atoms with Gasteiger partial charge in [0.25, 0.3) is 0 Å². The monoisotopic (exact) mass is 382 g/mol. The fraction of sp³-hybridized carbons (Fsp3) is 0.0952. The number of benzene rings is 3. The zero-order valence-corrected chi connectivity index (χ0v) is 15.4. The summed E-state index contributed by atoms with van der Waals surface area (Å²) in [5.41, 5.74) is 2.02. The molecule has 0 aromatic heterocycles. The van der Waals surface area contributed by atoms with Crippen LogP contribution in [-0.4, -0.2) is 25.7 Å². The van der Waals surface area contributed by atoms with Gasteiger partial charge in [-0.15, -0.1) is 0 Å². The maximum absolute atomic E-state index is 12.1. The van der Waals surface area contributed by atoms with Crippen molar-refractivity contribution in [2.24, 2.45) is 0 Å². The van der Waals surface area contributed by atoms with Gasteiger partial charge in [0.2, 0.25) is 0 Å². The largest absolute Gasteiger partial charge is 0.489 e. The van der Waals surface area contributed by atoms with Gasteiger partial charge in [0, 0.05) is 11.8 Å².